The van der Waals surface area contributed by atoms with Crippen LogP contribution in [-0.2, 0) is 4.79 Å². The molecule has 0 aliphatic carbocycles. The number of hydrogen-bond acceptors (Lipinski definition) is 1. The molecule has 0 saturated heterocycles. The van der Waals surface area contributed by atoms with Gasteiger partial charge in [-0.1, -0.05) is 0 Å². The summed E-state index contributed by atoms with van der Waals surface area (Å²) in [6, 6.07) is 1.37. The summed E-state index contributed by atoms with van der Waals surface area (Å²) in [5.74, 6) is -3.62. The second-order valence-electron chi connectivity index (χ2n) is 1.98. The van der Waals surface area contributed by atoms with E-state index in [9.17, 15) is 18.0 Å². The van der Waals surface area contributed by atoms with Gasteiger partial charge >= 0.3 is 0 Å². The van der Waals surface area contributed by atoms with Crippen molar-refractivity contribution < 1.29 is 18.0 Å². The quantitative estimate of drug-likeness (QED) is 0.537. The van der Waals surface area contributed by atoms with E-state index >= 15 is 0 Å². The van der Waals surface area contributed by atoms with Crippen LogP contribution in [0.5, 0.6) is 0 Å². The Balaban J connectivity index is 3.22. The molecule has 1 aromatic rings. The SMILES string of the molecule is O=CNc1c(F)ccc(F)c1F. The molecule has 0 aromatic heterocycles. The van der Waals surface area contributed by atoms with Gasteiger partial charge in [0.1, 0.15) is 11.5 Å². The fourth-order valence-corrected chi connectivity index (χ4v) is 0.718. The number of amides is 1. The first kappa shape index (κ1) is 8.58. The molecular formula is C7H4F3NO. The van der Waals surface area contributed by atoms with Gasteiger partial charge in [-0.15, -0.1) is 0 Å². The summed E-state index contributed by atoms with van der Waals surface area (Å²) >= 11 is 0. The molecule has 0 aliphatic heterocycles. The lowest BCUT2D eigenvalue weighted by molar-refractivity contribution is -0.105. The lowest BCUT2D eigenvalue weighted by Gasteiger charge is -2.02. The maximum atomic E-state index is 12.6. The third kappa shape index (κ3) is 1.39. The van der Waals surface area contributed by atoms with Gasteiger partial charge in [-0.3, -0.25) is 4.79 Å². The van der Waals surface area contributed by atoms with E-state index in [0.29, 0.717) is 6.07 Å². The maximum Gasteiger partial charge on any atom is 0.211 e. The van der Waals surface area contributed by atoms with E-state index in [1.54, 1.807) is 5.32 Å². The predicted molar refractivity (Wildman–Crippen MR) is 36.0 cm³/mol. The van der Waals surface area contributed by atoms with Crippen molar-refractivity contribution in [1.82, 2.24) is 0 Å². The molecule has 0 bridgehead atoms. The van der Waals surface area contributed by atoms with E-state index in [1.165, 1.54) is 0 Å². The molecule has 1 aromatic carbocycles. The van der Waals surface area contributed by atoms with E-state index in [2.05, 4.69) is 0 Å². The fraction of sp³-hybridized carbons (Fsp3) is 0. The van der Waals surface area contributed by atoms with E-state index in [4.69, 9.17) is 0 Å². The molecule has 0 radical (unpaired) electrons. The van der Waals surface area contributed by atoms with Gasteiger partial charge in [-0.25, -0.2) is 13.2 Å². The van der Waals surface area contributed by atoms with Crippen molar-refractivity contribution in [3.63, 3.8) is 0 Å². The van der Waals surface area contributed by atoms with Crippen LogP contribution in [0, 0.1) is 17.5 Å². The second-order valence-corrected chi connectivity index (χ2v) is 1.98. The molecule has 5 heteroatoms. The summed E-state index contributed by atoms with van der Waals surface area (Å²) in [7, 11) is 0. The van der Waals surface area contributed by atoms with Gasteiger partial charge in [0.15, 0.2) is 11.6 Å². The molecule has 1 N–H and O–H groups in total. The second kappa shape index (κ2) is 3.25. The molecule has 12 heavy (non-hydrogen) atoms. The lowest BCUT2D eigenvalue weighted by atomic mass is 10.3. The minimum atomic E-state index is -1.40. The fourth-order valence-electron chi connectivity index (χ4n) is 0.718. The third-order valence-corrected chi connectivity index (χ3v) is 1.25. The molecule has 0 fully saturated rings. The topological polar surface area (TPSA) is 29.1 Å². The summed E-state index contributed by atoms with van der Waals surface area (Å²) in [6.07, 6.45) is 0.0704. The molecule has 0 saturated carbocycles. The molecule has 1 rings (SSSR count). The normalized spacial score (nSPS) is 9.58. The molecule has 0 atom stereocenters. The van der Waals surface area contributed by atoms with Crippen molar-refractivity contribution in [2.75, 3.05) is 5.32 Å². The Labute approximate surface area is 66.0 Å². The zero-order valence-corrected chi connectivity index (χ0v) is 5.77. The van der Waals surface area contributed by atoms with Crippen LogP contribution in [0.15, 0.2) is 12.1 Å². The summed E-state index contributed by atoms with van der Waals surface area (Å²) in [6.45, 7) is 0. The monoisotopic (exact) mass is 175 g/mol. The molecule has 64 valence electrons. The zero-order chi connectivity index (χ0) is 9.14. The van der Waals surface area contributed by atoms with Crippen molar-refractivity contribution >= 4 is 12.1 Å². The molecule has 0 heterocycles. The number of carbonyl (C=O) groups is 1. The first-order valence-corrected chi connectivity index (χ1v) is 3.00. The molecular weight excluding hydrogens is 171 g/mol. The van der Waals surface area contributed by atoms with Crippen molar-refractivity contribution in [3.05, 3.63) is 29.6 Å². The van der Waals surface area contributed by atoms with Gasteiger partial charge in [-0.2, -0.15) is 0 Å². The highest BCUT2D eigenvalue weighted by atomic mass is 19.2. The molecule has 0 unspecified atom stereocenters. The lowest BCUT2D eigenvalue weighted by Crippen LogP contribution is -2.02. The Bertz CT molecular complexity index is 314. The number of nitrogens with one attached hydrogen (secondary N) is 1. The van der Waals surface area contributed by atoms with Gasteiger partial charge in [0, 0.05) is 0 Å². The van der Waals surface area contributed by atoms with Crippen molar-refractivity contribution in [2.45, 2.75) is 0 Å². The van der Waals surface area contributed by atoms with E-state index in [1.807, 2.05) is 0 Å². The summed E-state index contributed by atoms with van der Waals surface area (Å²) in [4.78, 5) is 9.82. The Kier molecular flexibility index (Phi) is 2.32. The van der Waals surface area contributed by atoms with E-state index in [-0.39, 0.29) is 6.41 Å². The van der Waals surface area contributed by atoms with Gasteiger partial charge in [0.05, 0.1) is 0 Å². The van der Waals surface area contributed by atoms with Crippen molar-refractivity contribution in [3.8, 4) is 0 Å². The average Bonchev–Trinajstić information content (AvgIpc) is 2.06. The molecule has 1 amide bonds. The van der Waals surface area contributed by atoms with Crippen LogP contribution in [0.1, 0.15) is 0 Å². The van der Waals surface area contributed by atoms with Crippen LogP contribution in [-0.4, -0.2) is 6.41 Å². The number of carbonyl (C=O) groups excluding carboxylic acids is 1. The standard InChI is InChI=1S/C7H4F3NO/c8-4-1-2-5(9)7(6(4)10)11-3-12/h1-3H,(H,11,12). The predicted octanol–water partition coefficient (Wildman–Crippen LogP) is 1.67. The largest absolute Gasteiger partial charge is 0.324 e. The number of halogens is 3. The van der Waals surface area contributed by atoms with Crippen molar-refractivity contribution in [1.29, 1.82) is 0 Å². The smallest absolute Gasteiger partial charge is 0.211 e. The number of anilines is 1. The number of rotatable bonds is 2. The van der Waals surface area contributed by atoms with Crippen LogP contribution >= 0.6 is 0 Å². The van der Waals surface area contributed by atoms with Gasteiger partial charge in [0.25, 0.3) is 0 Å². The van der Waals surface area contributed by atoms with E-state index < -0.39 is 23.1 Å². The van der Waals surface area contributed by atoms with E-state index in [0.717, 1.165) is 6.07 Å². The van der Waals surface area contributed by atoms with Gasteiger partial charge in [-0.05, 0) is 12.1 Å². The highest BCUT2D eigenvalue weighted by Gasteiger charge is 2.12. The van der Waals surface area contributed by atoms with Crippen LogP contribution in [0.2, 0.25) is 0 Å². The summed E-state index contributed by atoms with van der Waals surface area (Å²) < 4.78 is 37.6. The Morgan fingerprint density at radius 1 is 1.17 bits per heavy atom. The summed E-state index contributed by atoms with van der Waals surface area (Å²) in [5, 5.41) is 1.71. The van der Waals surface area contributed by atoms with Gasteiger partial charge < -0.3 is 5.32 Å². The van der Waals surface area contributed by atoms with Crippen LogP contribution < -0.4 is 5.32 Å². The van der Waals surface area contributed by atoms with Gasteiger partial charge in [0.2, 0.25) is 6.41 Å². The minimum absolute atomic E-state index is 0.0704. The first-order valence-electron chi connectivity index (χ1n) is 3.00. The summed E-state index contributed by atoms with van der Waals surface area (Å²) in [5.41, 5.74) is -0.773. The van der Waals surface area contributed by atoms with Crippen LogP contribution in [0.3, 0.4) is 0 Å². The average molecular weight is 175 g/mol. The van der Waals surface area contributed by atoms with Crippen LogP contribution in [0.25, 0.3) is 0 Å². The highest BCUT2D eigenvalue weighted by Crippen LogP contribution is 2.19. The molecule has 0 aliphatic rings. The van der Waals surface area contributed by atoms with Crippen molar-refractivity contribution in [2.24, 2.45) is 0 Å². The molecule has 2 nitrogen and oxygen atoms in total. The Morgan fingerprint density at radius 2 is 1.75 bits per heavy atom. The third-order valence-electron chi connectivity index (χ3n) is 1.25. The Hall–Kier alpha value is -1.52. The zero-order valence-electron chi connectivity index (χ0n) is 5.77. The Morgan fingerprint density at radius 3 is 2.33 bits per heavy atom. The van der Waals surface area contributed by atoms with Crippen LogP contribution in [0.4, 0.5) is 18.9 Å². The first-order chi connectivity index (χ1) is 5.66. The minimum Gasteiger partial charge on any atom is -0.324 e. The number of benzene rings is 1. The highest BCUT2D eigenvalue weighted by molar-refractivity contribution is 5.71. The maximum absolute atomic E-state index is 12.6. The molecule has 0 spiro atoms. The number of hydrogen-bond donors (Lipinski definition) is 1.